The summed E-state index contributed by atoms with van der Waals surface area (Å²) in [5, 5.41) is 10.1. The maximum Gasteiger partial charge on any atom is 0.337 e. The first-order chi connectivity index (χ1) is 8.29. The molecule has 1 heterocycles. The highest BCUT2D eigenvalue weighted by Gasteiger charge is 2.09. The molecular formula is C11H13N3O2S. The van der Waals surface area contributed by atoms with Crippen molar-refractivity contribution in [3.63, 3.8) is 0 Å². The third kappa shape index (κ3) is 3.20. The van der Waals surface area contributed by atoms with E-state index in [-0.39, 0.29) is 5.97 Å². The van der Waals surface area contributed by atoms with E-state index in [0.29, 0.717) is 5.56 Å². The fourth-order valence-corrected chi connectivity index (χ4v) is 2.23. The predicted molar refractivity (Wildman–Crippen MR) is 66.3 cm³/mol. The van der Waals surface area contributed by atoms with E-state index in [0.717, 1.165) is 23.9 Å². The normalized spacial score (nSPS) is 15.5. The van der Waals surface area contributed by atoms with E-state index >= 15 is 0 Å². The van der Waals surface area contributed by atoms with Crippen LogP contribution < -0.4 is 0 Å². The average molecular weight is 251 g/mol. The van der Waals surface area contributed by atoms with E-state index in [2.05, 4.69) is 15.1 Å². The molecule has 1 fully saturated rings. The SMILES string of the molecule is COC(=O)c1ccc(N=NN2CCSC2)cc1. The van der Waals surface area contributed by atoms with Crippen molar-refractivity contribution in [2.45, 2.75) is 0 Å². The van der Waals surface area contributed by atoms with E-state index in [1.807, 2.05) is 16.8 Å². The summed E-state index contributed by atoms with van der Waals surface area (Å²) in [6.45, 7) is 0.939. The molecule has 90 valence electrons. The van der Waals surface area contributed by atoms with Gasteiger partial charge in [0.2, 0.25) is 0 Å². The Labute approximate surface area is 104 Å². The van der Waals surface area contributed by atoms with Crippen LogP contribution in [0.1, 0.15) is 10.4 Å². The van der Waals surface area contributed by atoms with E-state index < -0.39 is 0 Å². The van der Waals surface area contributed by atoms with Crippen molar-refractivity contribution in [1.82, 2.24) is 5.01 Å². The van der Waals surface area contributed by atoms with Gasteiger partial charge in [-0.15, -0.1) is 16.9 Å². The summed E-state index contributed by atoms with van der Waals surface area (Å²) >= 11 is 1.84. The van der Waals surface area contributed by atoms with Crippen molar-refractivity contribution in [2.24, 2.45) is 10.3 Å². The maximum absolute atomic E-state index is 11.2. The standard InChI is InChI=1S/C11H13N3O2S/c1-16-11(15)9-2-4-10(5-3-9)12-13-14-6-7-17-8-14/h2-5H,6-8H2,1H3. The van der Waals surface area contributed by atoms with Gasteiger partial charge in [-0.3, -0.25) is 5.01 Å². The minimum Gasteiger partial charge on any atom is -0.465 e. The highest BCUT2D eigenvalue weighted by Crippen LogP contribution is 2.18. The van der Waals surface area contributed by atoms with Gasteiger partial charge in [0.1, 0.15) is 0 Å². The average Bonchev–Trinajstić information content (AvgIpc) is 2.89. The summed E-state index contributed by atoms with van der Waals surface area (Å²) in [6, 6.07) is 6.86. The molecular weight excluding hydrogens is 238 g/mol. The van der Waals surface area contributed by atoms with E-state index in [1.54, 1.807) is 24.3 Å². The molecule has 0 bridgehead atoms. The lowest BCUT2D eigenvalue weighted by Gasteiger charge is -2.05. The van der Waals surface area contributed by atoms with Crippen molar-refractivity contribution < 1.29 is 9.53 Å². The topological polar surface area (TPSA) is 54.3 Å². The zero-order chi connectivity index (χ0) is 12.1. The van der Waals surface area contributed by atoms with Gasteiger partial charge in [-0.25, -0.2) is 4.79 Å². The van der Waals surface area contributed by atoms with Crippen LogP contribution in [-0.2, 0) is 4.74 Å². The van der Waals surface area contributed by atoms with Crippen LogP contribution in [0.2, 0.25) is 0 Å². The van der Waals surface area contributed by atoms with Crippen molar-refractivity contribution in [3.8, 4) is 0 Å². The fourth-order valence-electron chi connectivity index (χ4n) is 1.37. The van der Waals surface area contributed by atoms with E-state index in [4.69, 9.17) is 0 Å². The highest BCUT2D eigenvalue weighted by molar-refractivity contribution is 7.99. The number of carbonyl (C=O) groups excluding carboxylic acids is 1. The second-order valence-electron chi connectivity index (χ2n) is 3.50. The van der Waals surface area contributed by atoms with Gasteiger partial charge < -0.3 is 4.74 Å². The van der Waals surface area contributed by atoms with Crippen LogP contribution in [0.25, 0.3) is 0 Å². The molecule has 0 unspecified atom stereocenters. The Morgan fingerprint density at radius 2 is 2.18 bits per heavy atom. The Morgan fingerprint density at radius 3 is 2.76 bits per heavy atom. The molecule has 0 radical (unpaired) electrons. The Bertz CT molecular complexity index is 413. The summed E-state index contributed by atoms with van der Waals surface area (Å²) in [4.78, 5) is 11.2. The summed E-state index contributed by atoms with van der Waals surface area (Å²) < 4.78 is 4.61. The Kier molecular flexibility index (Phi) is 3.98. The number of methoxy groups -OCH3 is 1. The number of nitrogens with zero attached hydrogens (tertiary/aromatic N) is 3. The van der Waals surface area contributed by atoms with Crippen molar-refractivity contribution >= 4 is 23.4 Å². The largest absolute Gasteiger partial charge is 0.465 e. The predicted octanol–water partition coefficient (Wildman–Crippen LogP) is 2.48. The van der Waals surface area contributed by atoms with Crippen molar-refractivity contribution in [1.29, 1.82) is 0 Å². The van der Waals surface area contributed by atoms with Crippen LogP contribution >= 0.6 is 11.8 Å². The molecule has 1 aliphatic heterocycles. The molecule has 1 saturated heterocycles. The van der Waals surface area contributed by atoms with Crippen LogP contribution in [0, 0.1) is 0 Å². The Hall–Kier alpha value is -1.56. The molecule has 1 aromatic rings. The lowest BCUT2D eigenvalue weighted by molar-refractivity contribution is 0.0601. The summed E-state index contributed by atoms with van der Waals surface area (Å²) in [6.07, 6.45) is 0. The minimum atomic E-state index is -0.343. The zero-order valence-corrected chi connectivity index (χ0v) is 10.3. The van der Waals surface area contributed by atoms with Crippen LogP contribution in [0.3, 0.4) is 0 Å². The Balaban J connectivity index is 2.00. The third-order valence-corrected chi connectivity index (χ3v) is 3.26. The molecule has 0 spiro atoms. The van der Waals surface area contributed by atoms with Crippen LogP contribution in [0.5, 0.6) is 0 Å². The number of thioether (sulfide) groups is 1. The monoisotopic (exact) mass is 251 g/mol. The first kappa shape index (κ1) is 11.9. The molecule has 1 aromatic carbocycles. The third-order valence-electron chi connectivity index (χ3n) is 2.31. The number of carbonyl (C=O) groups is 1. The molecule has 0 N–H and O–H groups in total. The quantitative estimate of drug-likeness (QED) is 0.611. The van der Waals surface area contributed by atoms with E-state index in [1.165, 1.54) is 7.11 Å². The lowest BCUT2D eigenvalue weighted by Crippen LogP contribution is -2.10. The number of hydrogen-bond donors (Lipinski definition) is 0. The smallest absolute Gasteiger partial charge is 0.337 e. The first-order valence-corrected chi connectivity index (χ1v) is 6.38. The molecule has 2 rings (SSSR count). The van der Waals surface area contributed by atoms with E-state index in [9.17, 15) is 4.79 Å². The number of hydrogen-bond acceptors (Lipinski definition) is 5. The van der Waals surface area contributed by atoms with Crippen LogP contribution in [0.4, 0.5) is 5.69 Å². The summed E-state index contributed by atoms with van der Waals surface area (Å²) in [7, 11) is 1.36. The fraction of sp³-hybridized carbons (Fsp3) is 0.364. The van der Waals surface area contributed by atoms with Crippen molar-refractivity contribution in [3.05, 3.63) is 29.8 Å². The molecule has 0 aliphatic carbocycles. The maximum atomic E-state index is 11.2. The molecule has 0 saturated carbocycles. The van der Waals surface area contributed by atoms with Gasteiger partial charge in [0.15, 0.2) is 0 Å². The molecule has 0 atom stereocenters. The molecule has 5 nitrogen and oxygen atoms in total. The number of benzene rings is 1. The molecule has 17 heavy (non-hydrogen) atoms. The number of ether oxygens (including phenoxy) is 1. The van der Waals surface area contributed by atoms with Crippen LogP contribution in [-0.4, -0.2) is 36.3 Å². The van der Waals surface area contributed by atoms with Gasteiger partial charge in [-0.2, -0.15) is 0 Å². The minimum absolute atomic E-state index is 0.343. The zero-order valence-electron chi connectivity index (χ0n) is 9.50. The molecule has 1 aliphatic rings. The van der Waals surface area contributed by atoms with Gasteiger partial charge in [0.25, 0.3) is 0 Å². The summed E-state index contributed by atoms with van der Waals surface area (Å²) in [5.74, 6) is 1.65. The highest BCUT2D eigenvalue weighted by atomic mass is 32.2. The second-order valence-corrected chi connectivity index (χ2v) is 4.57. The Morgan fingerprint density at radius 1 is 1.41 bits per heavy atom. The number of esters is 1. The van der Waals surface area contributed by atoms with Gasteiger partial charge in [0.05, 0.1) is 24.2 Å². The van der Waals surface area contributed by atoms with Crippen LogP contribution in [0.15, 0.2) is 34.6 Å². The number of rotatable bonds is 3. The lowest BCUT2D eigenvalue weighted by atomic mass is 10.2. The molecule has 6 heteroatoms. The van der Waals surface area contributed by atoms with Gasteiger partial charge in [-0.1, -0.05) is 5.22 Å². The van der Waals surface area contributed by atoms with Gasteiger partial charge in [0, 0.05) is 12.3 Å². The summed E-state index contributed by atoms with van der Waals surface area (Å²) in [5.41, 5.74) is 1.25. The first-order valence-electron chi connectivity index (χ1n) is 5.22. The molecule has 0 aromatic heterocycles. The molecule has 0 amide bonds. The second kappa shape index (κ2) is 5.67. The van der Waals surface area contributed by atoms with Gasteiger partial charge >= 0.3 is 5.97 Å². The van der Waals surface area contributed by atoms with Crippen molar-refractivity contribution in [2.75, 3.05) is 25.3 Å². The van der Waals surface area contributed by atoms with Gasteiger partial charge in [-0.05, 0) is 24.3 Å².